The highest BCUT2D eigenvalue weighted by Crippen LogP contribution is 2.04. The van der Waals surface area contributed by atoms with Gasteiger partial charge in [-0.05, 0) is 25.3 Å². The van der Waals surface area contributed by atoms with Crippen molar-refractivity contribution in [3.05, 3.63) is 35.9 Å². The lowest BCUT2D eigenvalue weighted by Crippen LogP contribution is -2.39. The van der Waals surface area contributed by atoms with Crippen molar-refractivity contribution >= 4 is 5.91 Å². The molecule has 1 aromatic rings. The highest BCUT2D eigenvalue weighted by Gasteiger charge is 2.12. The summed E-state index contributed by atoms with van der Waals surface area (Å²) >= 11 is 0. The van der Waals surface area contributed by atoms with E-state index in [1.54, 1.807) is 6.92 Å². The Balaban J connectivity index is 2.40. The molecule has 3 N–H and O–H groups in total. The smallest absolute Gasteiger partial charge is 0.220 e. The molecule has 2 atom stereocenters. The third-order valence-electron chi connectivity index (χ3n) is 2.70. The molecule has 4 heteroatoms. The van der Waals surface area contributed by atoms with E-state index < -0.39 is 6.10 Å². The van der Waals surface area contributed by atoms with Crippen molar-refractivity contribution in [2.75, 3.05) is 6.61 Å². The fraction of sp³-hybridized carbons (Fsp3) is 0.500. The van der Waals surface area contributed by atoms with E-state index in [9.17, 15) is 9.90 Å². The summed E-state index contributed by atoms with van der Waals surface area (Å²) in [4.78, 5) is 11.6. The van der Waals surface area contributed by atoms with Crippen LogP contribution in [0.2, 0.25) is 0 Å². The Labute approximate surface area is 108 Å². The number of rotatable bonds is 7. The lowest BCUT2D eigenvalue weighted by Gasteiger charge is -2.16. The third-order valence-corrected chi connectivity index (χ3v) is 2.70. The number of carbonyl (C=O) groups excluding carboxylic acids is 1. The van der Waals surface area contributed by atoms with E-state index in [4.69, 9.17) is 5.11 Å². The Morgan fingerprint density at radius 3 is 2.56 bits per heavy atom. The molecule has 0 spiro atoms. The van der Waals surface area contributed by atoms with Gasteiger partial charge in [-0.15, -0.1) is 0 Å². The molecule has 18 heavy (non-hydrogen) atoms. The van der Waals surface area contributed by atoms with Gasteiger partial charge in [-0.1, -0.05) is 30.3 Å². The number of hydrogen-bond donors (Lipinski definition) is 3. The van der Waals surface area contributed by atoms with Gasteiger partial charge >= 0.3 is 0 Å². The molecular weight excluding hydrogens is 230 g/mol. The molecule has 0 aliphatic carbocycles. The standard InChI is InChI=1S/C14H21NO3/c1-11(17)7-8-14(18)15-13(10-16)9-12-5-3-2-4-6-12/h2-6,11,13,16-17H,7-10H2,1H3,(H,15,18). The van der Waals surface area contributed by atoms with Gasteiger partial charge in [0, 0.05) is 6.42 Å². The molecule has 4 nitrogen and oxygen atoms in total. The van der Waals surface area contributed by atoms with E-state index in [0.29, 0.717) is 12.8 Å². The number of nitrogens with one attached hydrogen (secondary N) is 1. The topological polar surface area (TPSA) is 69.6 Å². The minimum absolute atomic E-state index is 0.0880. The molecule has 1 rings (SSSR count). The van der Waals surface area contributed by atoms with E-state index in [1.807, 2.05) is 30.3 Å². The summed E-state index contributed by atoms with van der Waals surface area (Å²) in [6.07, 6.45) is 0.855. The summed E-state index contributed by atoms with van der Waals surface area (Å²) in [5, 5.41) is 21.1. The molecule has 0 saturated carbocycles. The van der Waals surface area contributed by atoms with E-state index in [1.165, 1.54) is 0 Å². The molecular formula is C14H21NO3. The number of aliphatic hydroxyl groups excluding tert-OH is 2. The number of hydrogen-bond acceptors (Lipinski definition) is 3. The average Bonchev–Trinajstić information content (AvgIpc) is 2.37. The zero-order valence-corrected chi connectivity index (χ0v) is 10.7. The Morgan fingerprint density at radius 1 is 1.33 bits per heavy atom. The van der Waals surface area contributed by atoms with Crippen molar-refractivity contribution in [1.29, 1.82) is 0 Å². The maximum Gasteiger partial charge on any atom is 0.220 e. The summed E-state index contributed by atoms with van der Waals surface area (Å²) in [7, 11) is 0. The molecule has 0 aromatic heterocycles. The maximum absolute atomic E-state index is 11.6. The van der Waals surface area contributed by atoms with Crippen LogP contribution in [-0.2, 0) is 11.2 Å². The molecule has 0 aliphatic rings. The van der Waals surface area contributed by atoms with Crippen LogP contribution in [0.25, 0.3) is 0 Å². The first kappa shape index (κ1) is 14.7. The van der Waals surface area contributed by atoms with Crippen molar-refractivity contribution < 1.29 is 15.0 Å². The van der Waals surface area contributed by atoms with Gasteiger partial charge < -0.3 is 15.5 Å². The van der Waals surface area contributed by atoms with Crippen LogP contribution in [0.5, 0.6) is 0 Å². The first-order valence-electron chi connectivity index (χ1n) is 6.24. The van der Waals surface area contributed by atoms with Gasteiger partial charge in [0.2, 0.25) is 5.91 Å². The van der Waals surface area contributed by atoms with Crippen molar-refractivity contribution in [1.82, 2.24) is 5.32 Å². The van der Waals surface area contributed by atoms with Crippen molar-refractivity contribution in [2.45, 2.75) is 38.3 Å². The van der Waals surface area contributed by atoms with Crippen LogP contribution in [0.1, 0.15) is 25.3 Å². The summed E-state index contributed by atoms with van der Waals surface area (Å²) in [6, 6.07) is 9.44. The molecule has 0 aliphatic heterocycles. The molecule has 0 fully saturated rings. The number of benzene rings is 1. The SMILES string of the molecule is CC(O)CCC(=O)NC(CO)Cc1ccccc1. The number of carbonyl (C=O) groups is 1. The lowest BCUT2D eigenvalue weighted by molar-refractivity contribution is -0.122. The lowest BCUT2D eigenvalue weighted by atomic mass is 10.1. The maximum atomic E-state index is 11.6. The van der Waals surface area contributed by atoms with Gasteiger partial charge in [0.1, 0.15) is 0 Å². The quantitative estimate of drug-likeness (QED) is 0.673. The van der Waals surface area contributed by atoms with Crippen LogP contribution in [0.3, 0.4) is 0 Å². The average molecular weight is 251 g/mol. The Morgan fingerprint density at radius 2 is 2.00 bits per heavy atom. The fourth-order valence-electron chi connectivity index (χ4n) is 1.70. The molecule has 0 heterocycles. The summed E-state index contributed by atoms with van der Waals surface area (Å²) in [5.74, 6) is -0.133. The predicted molar refractivity (Wildman–Crippen MR) is 70.1 cm³/mol. The summed E-state index contributed by atoms with van der Waals surface area (Å²) in [5.41, 5.74) is 1.08. The van der Waals surface area contributed by atoms with Crippen LogP contribution in [0, 0.1) is 0 Å². The summed E-state index contributed by atoms with van der Waals surface area (Å²) < 4.78 is 0. The minimum atomic E-state index is -0.475. The van der Waals surface area contributed by atoms with E-state index in [0.717, 1.165) is 5.56 Å². The normalized spacial score (nSPS) is 13.9. The van der Waals surface area contributed by atoms with Gasteiger partial charge in [0.05, 0.1) is 18.8 Å². The molecule has 1 aromatic carbocycles. The predicted octanol–water partition coefficient (Wildman–Crippen LogP) is 0.867. The Kier molecular flexibility index (Phi) is 6.39. The zero-order chi connectivity index (χ0) is 13.4. The van der Waals surface area contributed by atoms with Crippen LogP contribution >= 0.6 is 0 Å². The van der Waals surface area contributed by atoms with Crippen molar-refractivity contribution in [3.8, 4) is 0 Å². The van der Waals surface area contributed by atoms with Gasteiger partial charge in [0.15, 0.2) is 0 Å². The van der Waals surface area contributed by atoms with Gasteiger partial charge in [-0.3, -0.25) is 4.79 Å². The molecule has 0 bridgehead atoms. The summed E-state index contributed by atoms with van der Waals surface area (Å²) in [6.45, 7) is 1.57. The second-order valence-corrected chi connectivity index (χ2v) is 4.52. The molecule has 2 unspecified atom stereocenters. The van der Waals surface area contributed by atoms with Crippen LogP contribution in [-0.4, -0.2) is 34.9 Å². The van der Waals surface area contributed by atoms with Gasteiger partial charge in [-0.2, -0.15) is 0 Å². The van der Waals surface area contributed by atoms with Crippen LogP contribution in [0.4, 0.5) is 0 Å². The first-order chi connectivity index (χ1) is 8.61. The second kappa shape index (κ2) is 7.84. The largest absolute Gasteiger partial charge is 0.394 e. The van der Waals surface area contributed by atoms with Gasteiger partial charge in [-0.25, -0.2) is 0 Å². The van der Waals surface area contributed by atoms with Crippen molar-refractivity contribution in [3.63, 3.8) is 0 Å². The van der Waals surface area contributed by atoms with Crippen molar-refractivity contribution in [2.24, 2.45) is 0 Å². The van der Waals surface area contributed by atoms with E-state index >= 15 is 0 Å². The van der Waals surface area contributed by atoms with E-state index in [2.05, 4.69) is 5.32 Å². The highest BCUT2D eigenvalue weighted by atomic mass is 16.3. The Hall–Kier alpha value is -1.39. The minimum Gasteiger partial charge on any atom is -0.394 e. The highest BCUT2D eigenvalue weighted by molar-refractivity contribution is 5.76. The molecule has 0 radical (unpaired) electrons. The number of amides is 1. The third kappa shape index (κ3) is 5.80. The second-order valence-electron chi connectivity index (χ2n) is 4.52. The van der Waals surface area contributed by atoms with Crippen LogP contribution < -0.4 is 5.32 Å². The Bertz CT molecular complexity index is 351. The number of aliphatic hydroxyl groups is 2. The molecule has 0 saturated heterocycles. The zero-order valence-electron chi connectivity index (χ0n) is 10.7. The van der Waals surface area contributed by atoms with Gasteiger partial charge in [0.25, 0.3) is 0 Å². The fourth-order valence-corrected chi connectivity index (χ4v) is 1.70. The van der Waals surface area contributed by atoms with Crippen LogP contribution in [0.15, 0.2) is 30.3 Å². The molecule has 100 valence electrons. The molecule has 1 amide bonds. The first-order valence-corrected chi connectivity index (χ1v) is 6.24. The monoisotopic (exact) mass is 251 g/mol. The van der Waals surface area contributed by atoms with E-state index in [-0.39, 0.29) is 25.0 Å².